The highest BCUT2D eigenvalue weighted by atomic mass is 32.1. The first-order chi connectivity index (χ1) is 21.9. The molecule has 1 saturated carbocycles. The number of nitrogens with zero attached hydrogens (tertiary/aromatic N) is 4. The fourth-order valence-corrected chi connectivity index (χ4v) is 6.06. The first-order valence-electron chi connectivity index (χ1n) is 15.3. The van der Waals surface area contributed by atoms with Gasteiger partial charge in [-0.15, -0.1) is 20.4 Å². The number of hydrogen-bond donors (Lipinski definition) is 4. The van der Waals surface area contributed by atoms with Crippen molar-refractivity contribution in [2.45, 2.75) is 76.5 Å². The molecule has 242 valence electrons. The van der Waals surface area contributed by atoms with E-state index in [0.717, 1.165) is 46.0 Å². The lowest BCUT2D eigenvalue weighted by Crippen LogP contribution is -2.14. The Hall–Kier alpha value is -3.58. The van der Waals surface area contributed by atoms with Gasteiger partial charge in [-0.1, -0.05) is 97.4 Å². The number of carbonyl (C=O) groups is 2. The Morgan fingerprint density at radius 2 is 1.64 bits per heavy atom. The second kappa shape index (κ2) is 20.5. The van der Waals surface area contributed by atoms with E-state index in [9.17, 15) is 9.59 Å². The Kier molecular flexibility index (Phi) is 16.3. The minimum Gasteiger partial charge on any atom is -0.396 e. The largest absolute Gasteiger partial charge is 0.396 e. The van der Waals surface area contributed by atoms with Crippen molar-refractivity contribution < 1.29 is 19.8 Å². The zero-order valence-corrected chi connectivity index (χ0v) is 27.7. The summed E-state index contributed by atoms with van der Waals surface area (Å²) < 4.78 is 0. The molecule has 2 heterocycles. The Morgan fingerprint density at radius 1 is 0.956 bits per heavy atom. The molecule has 1 unspecified atom stereocenters. The van der Waals surface area contributed by atoms with Crippen molar-refractivity contribution in [1.29, 1.82) is 0 Å². The van der Waals surface area contributed by atoms with Crippen LogP contribution >= 0.6 is 22.7 Å². The normalized spacial score (nSPS) is 13.4. The molecule has 0 bridgehead atoms. The summed E-state index contributed by atoms with van der Waals surface area (Å²) >= 11 is 3.00. The van der Waals surface area contributed by atoms with Gasteiger partial charge >= 0.3 is 0 Å². The van der Waals surface area contributed by atoms with Gasteiger partial charge in [0.2, 0.25) is 16.2 Å². The highest BCUT2D eigenvalue weighted by molar-refractivity contribution is 7.15. The van der Waals surface area contributed by atoms with Crippen LogP contribution < -0.4 is 10.6 Å². The Balaban J connectivity index is 0.000000228. The number of nitrogens with one attached hydrogen (secondary N) is 2. The van der Waals surface area contributed by atoms with Gasteiger partial charge in [0.15, 0.2) is 0 Å². The van der Waals surface area contributed by atoms with Crippen LogP contribution in [0.5, 0.6) is 0 Å². The predicted octanol–water partition coefficient (Wildman–Crippen LogP) is 5.80. The lowest BCUT2D eigenvalue weighted by Gasteiger charge is -2.18. The van der Waals surface area contributed by atoms with Gasteiger partial charge in [-0.2, -0.15) is 0 Å². The second-order valence-electron chi connectivity index (χ2n) is 10.8. The van der Waals surface area contributed by atoms with Gasteiger partial charge in [-0.05, 0) is 47.9 Å². The zero-order valence-electron chi connectivity index (χ0n) is 26.0. The van der Waals surface area contributed by atoms with Crippen LogP contribution in [0.2, 0.25) is 0 Å². The van der Waals surface area contributed by atoms with Crippen LogP contribution in [0.25, 0.3) is 0 Å². The average Bonchev–Trinajstić information content (AvgIpc) is 3.78. The fourth-order valence-electron chi connectivity index (χ4n) is 4.72. The molecule has 0 saturated heterocycles. The van der Waals surface area contributed by atoms with Crippen LogP contribution in [0.4, 0.5) is 10.3 Å². The van der Waals surface area contributed by atoms with Crippen LogP contribution in [0, 0.1) is 0 Å². The topological polar surface area (TPSA) is 150 Å². The maximum absolute atomic E-state index is 12.2. The molecule has 4 aromatic rings. The summed E-state index contributed by atoms with van der Waals surface area (Å²) in [6.45, 7) is 2.33. The Bertz CT molecular complexity index is 1380. The number of aromatic nitrogens is 4. The third kappa shape index (κ3) is 13.1. The van der Waals surface area contributed by atoms with Gasteiger partial charge in [0.25, 0.3) is 0 Å². The molecule has 2 aromatic carbocycles. The average molecular weight is 653 g/mol. The van der Waals surface area contributed by atoms with E-state index in [-0.39, 0.29) is 25.0 Å². The van der Waals surface area contributed by atoms with Gasteiger partial charge in [-0.25, -0.2) is 0 Å². The molecular weight excluding hydrogens is 609 g/mol. The van der Waals surface area contributed by atoms with Crippen molar-refractivity contribution in [1.82, 2.24) is 20.4 Å². The molecule has 45 heavy (non-hydrogen) atoms. The first kappa shape index (κ1) is 35.9. The number of benzene rings is 2. The summed E-state index contributed by atoms with van der Waals surface area (Å²) in [6.07, 6.45) is 9.53. The summed E-state index contributed by atoms with van der Waals surface area (Å²) in [7, 11) is 1.82. The molecule has 12 heteroatoms. The van der Waals surface area contributed by atoms with Crippen molar-refractivity contribution in [2.24, 2.45) is 0 Å². The number of amides is 1. The smallest absolute Gasteiger partial charge is 0.230 e. The van der Waals surface area contributed by atoms with Gasteiger partial charge in [-0.3, -0.25) is 4.79 Å². The zero-order chi connectivity index (χ0) is 32.3. The number of aliphatic hydroxyl groups excluding tert-OH is 2. The van der Waals surface area contributed by atoms with Gasteiger partial charge < -0.3 is 25.6 Å². The van der Waals surface area contributed by atoms with E-state index < -0.39 is 0 Å². The standard InChI is InChI=1S/C19H25N3O2S.C11H14O2.C3H5N3S/c23-12-4-5-14-8-10-15(11-9-14)13-17(24)20-19-22-21-18(25-19)16-6-2-1-3-7-16;1-9(8-13)11-4-2-10(3-5-11)6-7-12;1-4-3-6-5-2-7-3/h8-11,16,23H,1-7,12-13H2,(H,20,22,24);2-5,7,9,13H,6,8H2,1H3;2H,1H3,(H,4,6). The van der Waals surface area contributed by atoms with Crippen molar-refractivity contribution in [3.05, 3.63) is 81.3 Å². The second-order valence-corrected chi connectivity index (χ2v) is 12.7. The van der Waals surface area contributed by atoms with Crippen molar-refractivity contribution in [3.8, 4) is 0 Å². The molecule has 1 fully saturated rings. The van der Waals surface area contributed by atoms with Crippen molar-refractivity contribution in [2.75, 3.05) is 30.9 Å². The maximum atomic E-state index is 12.2. The third-order valence-corrected chi connectivity index (χ3v) is 9.08. The highest BCUT2D eigenvalue weighted by Gasteiger charge is 2.20. The summed E-state index contributed by atoms with van der Waals surface area (Å²) in [4.78, 5) is 22.4. The minimum atomic E-state index is -0.0607. The molecule has 4 N–H and O–H groups in total. The first-order valence-corrected chi connectivity index (χ1v) is 17.0. The Labute approximate surface area is 273 Å². The highest BCUT2D eigenvalue weighted by Crippen LogP contribution is 2.35. The minimum absolute atomic E-state index is 0.0607. The number of hydrogen-bond acceptors (Lipinski definition) is 11. The summed E-state index contributed by atoms with van der Waals surface area (Å²) in [5.74, 6) is 0.628. The lowest BCUT2D eigenvalue weighted by atomic mass is 9.90. The van der Waals surface area contributed by atoms with E-state index in [1.165, 1.54) is 60.3 Å². The van der Waals surface area contributed by atoms with E-state index in [1.807, 2.05) is 62.5 Å². The number of carbonyl (C=O) groups excluding carboxylic acids is 2. The van der Waals surface area contributed by atoms with E-state index >= 15 is 0 Å². The lowest BCUT2D eigenvalue weighted by molar-refractivity contribution is -0.115. The molecule has 0 spiro atoms. The van der Waals surface area contributed by atoms with Gasteiger partial charge in [0.05, 0.1) is 6.42 Å². The van der Waals surface area contributed by atoms with Gasteiger partial charge in [0.1, 0.15) is 16.8 Å². The summed E-state index contributed by atoms with van der Waals surface area (Å²) in [6, 6.07) is 15.7. The van der Waals surface area contributed by atoms with Crippen molar-refractivity contribution in [3.63, 3.8) is 0 Å². The molecule has 1 aliphatic rings. The predicted molar refractivity (Wildman–Crippen MR) is 181 cm³/mol. The SMILES string of the molecule is CC(CO)c1ccc(CC=O)cc1.CNc1nncs1.O=C(Cc1ccc(CCCO)cc1)Nc1nnc(C2CCCCC2)s1. The molecule has 1 amide bonds. The molecule has 10 nitrogen and oxygen atoms in total. The van der Waals surface area contributed by atoms with Crippen LogP contribution in [-0.4, -0.2) is 63.1 Å². The van der Waals surface area contributed by atoms with Crippen LogP contribution in [0.15, 0.2) is 54.0 Å². The number of aliphatic hydroxyl groups is 2. The van der Waals surface area contributed by atoms with Crippen molar-refractivity contribution >= 4 is 45.1 Å². The number of anilines is 2. The van der Waals surface area contributed by atoms with Gasteiger partial charge in [0, 0.05) is 38.5 Å². The molecule has 5 rings (SSSR count). The Morgan fingerprint density at radius 3 is 2.22 bits per heavy atom. The third-order valence-electron chi connectivity index (χ3n) is 7.37. The molecule has 0 radical (unpaired) electrons. The van der Waals surface area contributed by atoms with E-state index in [2.05, 4.69) is 31.0 Å². The quantitative estimate of drug-likeness (QED) is 0.139. The van der Waals surface area contributed by atoms with E-state index in [4.69, 9.17) is 10.2 Å². The number of rotatable bonds is 12. The fraction of sp³-hybridized carbons (Fsp3) is 0.455. The molecule has 1 atom stereocenters. The van der Waals surface area contributed by atoms with Crippen LogP contribution in [0.3, 0.4) is 0 Å². The monoisotopic (exact) mass is 652 g/mol. The molecule has 1 aliphatic carbocycles. The number of aryl methyl sites for hydroxylation is 1. The molecular formula is C33H44N6O4S2. The summed E-state index contributed by atoms with van der Waals surface area (Å²) in [5.41, 5.74) is 5.97. The number of aldehydes is 1. The van der Waals surface area contributed by atoms with Crippen LogP contribution in [-0.2, 0) is 28.9 Å². The van der Waals surface area contributed by atoms with E-state index in [0.29, 0.717) is 23.9 Å². The van der Waals surface area contributed by atoms with Crippen LogP contribution in [0.1, 0.15) is 84.5 Å². The molecule has 0 aliphatic heterocycles. The maximum Gasteiger partial charge on any atom is 0.230 e. The van der Waals surface area contributed by atoms with E-state index in [1.54, 1.807) is 5.51 Å². The summed E-state index contributed by atoms with van der Waals surface area (Å²) in [5, 5.41) is 41.7. The molecule has 2 aromatic heterocycles.